The van der Waals surface area contributed by atoms with Gasteiger partial charge in [-0.15, -0.1) is 5.10 Å². The van der Waals surface area contributed by atoms with Crippen LogP contribution >= 0.6 is 0 Å². The quantitative estimate of drug-likeness (QED) is 0.315. The second kappa shape index (κ2) is 10.5. The average Bonchev–Trinajstić information content (AvgIpc) is 3.38. The van der Waals surface area contributed by atoms with Crippen LogP contribution in [0.1, 0.15) is 25.3 Å². The van der Waals surface area contributed by atoms with Crippen LogP contribution in [0.15, 0.2) is 88.2 Å². The van der Waals surface area contributed by atoms with Crippen LogP contribution < -0.4 is 4.74 Å². The highest BCUT2D eigenvalue weighted by atomic mass is 16.5. The fraction of sp³-hybridized carbons (Fsp3) is 0.231. The lowest BCUT2D eigenvalue weighted by atomic mass is 9.99. The molecular weight excluding hydrogens is 402 g/mol. The fourth-order valence-corrected chi connectivity index (χ4v) is 3.46. The monoisotopic (exact) mass is 427 g/mol. The first-order valence-electron chi connectivity index (χ1n) is 10.8. The molecule has 0 atom stereocenters. The zero-order valence-electron chi connectivity index (χ0n) is 18.0. The van der Waals surface area contributed by atoms with Crippen LogP contribution in [0, 0.1) is 0 Å². The lowest BCUT2D eigenvalue weighted by Gasteiger charge is -2.09. The van der Waals surface area contributed by atoms with Crippen LogP contribution in [0.25, 0.3) is 22.3 Å². The van der Waals surface area contributed by atoms with Crippen LogP contribution in [-0.4, -0.2) is 31.4 Å². The number of benzene rings is 3. The van der Waals surface area contributed by atoms with Crippen LogP contribution in [-0.2, 0) is 9.53 Å². The second-order valence-corrected chi connectivity index (χ2v) is 7.37. The molecule has 1 heterocycles. The van der Waals surface area contributed by atoms with Gasteiger partial charge in [0, 0.05) is 6.42 Å². The van der Waals surface area contributed by atoms with Crippen molar-refractivity contribution in [3.05, 3.63) is 78.4 Å². The molecule has 0 radical (unpaired) electrons. The van der Waals surface area contributed by atoms with E-state index >= 15 is 0 Å². The third-order valence-electron chi connectivity index (χ3n) is 5.17. The van der Waals surface area contributed by atoms with Gasteiger partial charge in [0.15, 0.2) is 0 Å². The number of carbonyl (C=O) groups is 1. The Morgan fingerprint density at radius 3 is 1.84 bits per heavy atom. The number of nitrogens with zero attached hydrogens (tertiary/aromatic N) is 3. The highest BCUT2D eigenvalue weighted by molar-refractivity contribution is 6.02. The van der Waals surface area contributed by atoms with E-state index in [0.717, 1.165) is 39.3 Å². The zero-order valence-corrected chi connectivity index (χ0v) is 18.0. The van der Waals surface area contributed by atoms with Crippen molar-refractivity contribution in [2.75, 3.05) is 19.8 Å². The van der Waals surface area contributed by atoms with Gasteiger partial charge in [0.2, 0.25) is 0 Å². The van der Waals surface area contributed by atoms with E-state index in [2.05, 4.69) is 64.0 Å². The summed E-state index contributed by atoms with van der Waals surface area (Å²) in [4.78, 5) is 11.4. The Labute approximate surface area is 187 Å². The maximum atomic E-state index is 11.4. The Hall–Kier alpha value is -3.80. The molecule has 1 aliphatic rings. The third kappa shape index (κ3) is 5.46. The van der Waals surface area contributed by atoms with Crippen molar-refractivity contribution < 1.29 is 14.3 Å². The summed E-state index contributed by atoms with van der Waals surface area (Å²) in [5, 5.41) is 11.6. The molecule has 0 N–H and O–H groups in total. The molecule has 0 unspecified atom stereocenters. The summed E-state index contributed by atoms with van der Waals surface area (Å²) < 4.78 is 10.6. The molecule has 3 aromatic rings. The topological polar surface area (TPSA) is 72.6 Å². The van der Waals surface area contributed by atoms with Gasteiger partial charge < -0.3 is 9.47 Å². The molecule has 0 aromatic heterocycles. The SMILES string of the molecule is CCOC(=O)CCCOc1ccc(-c2ccc(-c3ccc(C4=NN=NC4)cc3)cc2)cc1. The van der Waals surface area contributed by atoms with Gasteiger partial charge in [-0.05, 0) is 58.5 Å². The summed E-state index contributed by atoms with van der Waals surface area (Å²) in [5.74, 6) is 0.614. The van der Waals surface area contributed by atoms with E-state index in [-0.39, 0.29) is 5.97 Å². The number of carbonyl (C=O) groups excluding carboxylic acids is 1. The molecule has 0 bridgehead atoms. The number of ether oxygens (including phenoxy) is 2. The van der Waals surface area contributed by atoms with E-state index in [1.165, 1.54) is 0 Å². The molecule has 0 spiro atoms. The Bertz CT molecular complexity index is 1100. The van der Waals surface area contributed by atoms with Crippen molar-refractivity contribution >= 4 is 11.7 Å². The van der Waals surface area contributed by atoms with E-state index in [0.29, 0.717) is 32.6 Å². The number of hydrogen-bond donors (Lipinski definition) is 0. The summed E-state index contributed by atoms with van der Waals surface area (Å²) in [5.41, 5.74) is 6.53. The average molecular weight is 428 g/mol. The minimum absolute atomic E-state index is 0.180. The molecule has 32 heavy (non-hydrogen) atoms. The van der Waals surface area contributed by atoms with Crippen molar-refractivity contribution in [3.63, 3.8) is 0 Å². The molecule has 6 heteroatoms. The first-order valence-corrected chi connectivity index (χ1v) is 10.8. The number of rotatable bonds is 9. The zero-order chi connectivity index (χ0) is 22.2. The summed E-state index contributed by atoms with van der Waals surface area (Å²) in [6, 6.07) is 24.8. The smallest absolute Gasteiger partial charge is 0.305 e. The normalized spacial score (nSPS) is 12.5. The first-order chi connectivity index (χ1) is 15.7. The number of hydrogen-bond acceptors (Lipinski definition) is 6. The molecule has 0 aliphatic carbocycles. The van der Waals surface area contributed by atoms with Gasteiger partial charge in [0.25, 0.3) is 0 Å². The van der Waals surface area contributed by atoms with E-state index < -0.39 is 0 Å². The van der Waals surface area contributed by atoms with E-state index in [4.69, 9.17) is 9.47 Å². The molecule has 162 valence electrons. The van der Waals surface area contributed by atoms with Gasteiger partial charge >= 0.3 is 5.97 Å². The minimum atomic E-state index is -0.180. The van der Waals surface area contributed by atoms with E-state index in [1.807, 2.05) is 31.2 Å². The van der Waals surface area contributed by atoms with Crippen LogP contribution in [0.5, 0.6) is 5.75 Å². The molecule has 3 aromatic carbocycles. The van der Waals surface area contributed by atoms with Crippen molar-refractivity contribution in [2.24, 2.45) is 15.4 Å². The van der Waals surface area contributed by atoms with E-state index in [1.54, 1.807) is 0 Å². The minimum Gasteiger partial charge on any atom is -0.494 e. The molecular formula is C26H25N3O3. The van der Waals surface area contributed by atoms with Crippen LogP contribution in [0.4, 0.5) is 0 Å². The van der Waals surface area contributed by atoms with Gasteiger partial charge in [-0.25, -0.2) is 0 Å². The molecule has 0 amide bonds. The van der Waals surface area contributed by atoms with Gasteiger partial charge in [-0.3, -0.25) is 4.79 Å². The molecule has 1 aliphatic heterocycles. The van der Waals surface area contributed by atoms with Crippen molar-refractivity contribution in [2.45, 2.75) is 19.8 Å². The Morgan fingerprint density at radius 1 is 0.812 bits per heavy atom. The van der Waals surface area contributed by atoms with Gasteiger partial charge in [-0.1, -0.05) is 60.7 Å². The van der Waals surface area contributed by atoms with Crippen molar-refractivity contribution in [1.29, 1.82) is 0 Å². The summed E-state index contributed by atoms with van der Waals surface area (Å²) in [6.45, 7) is 3.26. The number of esters is 1. The third-order valence-corrected chi connectivity index (χ3v) is 5.17. The highest BCUT2D eigenvalue weighted by Gasteiger charge is 2.08. The molecule has 0 saturated heterocycles. The van der Waals surface area contributed by atoms with Gasteiger partial charge in [-0.2, -0.15) is 5.11 Å². The lowest BCUT2D eigenvalue weighted by molar-refractivity contribution is -0.143. The highest BCUT2D eigenvalue weighted by Crippen LogP contribution is 2.27. The maximum Gasteiger partial charge on any atom is 0.305 e. The molecule has 0 fully saturated rings. The maximum absolute atomic E-state index is 11.4. The first kappa shape index (κ1) is 21.4. The molecule has 0 saturated carbocycles. The predicted molar refractivity (Wildman–Crippen MR) is 125 cm³/mol. The van der Waals surface area contributed by atoms with Gasteiger partial charge in [0.1, 0.15) is 12.3 Å². The standard InChI is InChI=1S/C26H25N3O3/c1-2-31-26(30)4-3-17-32-24-15-13-22(14-16-24)20-7-5-19(6-8-20)21-9-11-23(12-10-21)25-18-27-29-28-25/h5-16H,2-4,17-18H2,1H3. The fourth-order valence-electron chi connectivity index (χ4n) is 3.46. The molecule has 6 nitrogen and oxygen atoms in total. The lowest BCUT2D eigenvalue weighted by Crippen LogP contribution is -2.06. The summed E-state index contributed by atoms with van der Waals surface area (Å²) >= 11 is 0. The Morgan fingerprint density at radius 2 is 1.34 bits per heavy atom. The van der Waals surface area contributed by atoms with Crippen molar-refractivity contribution in [1.82, 2.24) is 0 Å². The largest absolute Gasteiger partial charge is 0.494 e. The van der Waals surface area contributed by atoms with Crippen LogP contribution in [0.3, 0.4) is 0 Å². The summed E-state index contributed by atoms with van der Waals surface area (Å²) in [7, 11) is 0. The second-order valence-electron chi connectivity index (χ2n) is 7.37. The Balaban J connectivity index is 1.33. The molecule has 4 rings (SSSR count). The van der Waals surface area contributed by atoms with Crippen LogP contribution in [0.2, 0.25) is 0 Å². The Kier molecular flexibility index (Phi) is 7.02. The van der Waals surface area contributed by atoms with Gasteiger partial charge in [0.05, 0.1) is 18.9 Å². The van der Waals surface area contributed by atoms with Crippen molar-refractivity contribution in [3.8, 4) is 28.0 Å². The summed E-state index contributed by atoms with van der Waals surface area (Å²) in [6.07, 6.45) is 1.02. The predicted octanol–water partition coefficient (Wildman–Crippen LogP) is 5.91. The van der Waals surface area contributed by atoms with E-state index in [9.17, 15) is 4.79 Å².